The second-order valence-corrected chi connectivity index (χ2v) is 24.9. The standard InChI is InChI=1S/C74H66B2N2O2/c1-3-15-51(16-4-1)57-31-39-61-67(45-57)79-73-69-72(78(60-37-29-54(30-38-60)48-21-9-10-22-48)65-41-33-55(43-63(65)75(61)69)49-23-11-12-24-49)74-70-71(73)77(59-35-27-53(28-36-59)47-19-7-8-20-47)66-42-34-56(50-25-13-14-26-50)44-64(66)76(70)62-40-32-58(46-68(62)80-74)52-17-5-2-6-18-52/h1-6,15-18,27-50H,7-14,19-26H2. The first-order chi connectivity index (χ1) is 39.7. The van der Waals surface area contributed by atoms with E-state index >= 15 is 0 Å². The molecule has 9 aromatic carbocycles. The summed E-state index contributed by atoms with van der Waals surface area (Å²) >= 11 is 0. The fourth-order valence-corrected chi connectivity index (χ4v) is 16.5. The second-order valence-electron chi connectivity index (χ2n) is 24.9. The molecule has 0 bridgehead atoms. The molecule has 4 saturated carbocycles. The smallest absolute Gasteiger partial charge is 0.256 e. The van der Waals surface area contributed by atoms with Crippen LogP contribution in [0.1, 0.15) is 149 Å². The average molecular weight is 1040 g/mol. The summed E-state index contributed by atoms with van der Waals surface area (Å²) in [7, 11) is 0. The number of hydrogen-bond donors (Lipinski definition) is 0. The zero-order valence-electron chi connectivity index (χ0n) is 45.8. The van der Waals surface area contributed by atoms with Gasteiger partial charge < -0.3 is 19.3 Å². The number of nitrogens with zero attached hydrogens (tertiary/aromatic N) is 2. The van der Waals surface area contributed by atoms with Crippen LogP contribution in [0.25, 0.3) is 22.3 Å². The lowest BCUT2D eigenvalue weighted by Gasteiger charge is -2.47. The zero-order chi connectivity index (χ0) is 52.4. The van der Waals surface area contributed by atoms with Crippen LogP contribution in [0.2, 0.25) is 0 Å². The first kappa shape index (κ1) is 47.1. The SMILES string of the molecule is c1ccc(-c2ccc3c(c2)Oc2c4c(c5c6c2N(c2ccc(C7CCCC7)cc2)c2ccc(C7CCCC7)cc2B6c2ccc(-c6ccccc6)cc2O5)N(c2ccc(C5CCCC5)cc2)c2ccc(C5CCCC5)cc2B34)cc1. The van der Waals surface area contributed by atoms with Crippen molar-refractivity contribution in [3.63, 3.8) is 0 Å². The molecule has 9 aromatic rings. The first-order valence-electron chi connectivity index (χ1n) is 30.7. The number of anilines is 6. The molecule has 4 heterocycles. The van der Waals surface area contributed by atoms with Crippen LogP contribution in [-0.4, -0.2) is 13.4 Å². The van der Waals surface area contributed by atoms with E-state index in [1.54, 1.807) is 0 Å². The van der Waals surface area contributed by atoms with Gasteiger partial charge >= 0.3 is 0 Å². The fraction of sp³-hybridized carbons (Fsp3) is 0.270. The summed E-state index contributed by atoms with van der Waals surface area (Å²) in [6.07, 6.45) is 20.5. The Bertz CT molecular complexity index is 3630. The summed E-state index contributed by atoms with van der Waals surface area (Å²) in [5.41, 5.74) is 25.0. The lowest BCUT2D eigenvalue weighted by atomic mass is 9.31. The third-order valence-electron chi connectivity index (χ3n) is 20.6. The Balaban J connectivity index is 0.984. The van der Waals surface area contributed by atoms with Crippen LogP contribution in [-0.2, 0) is 0 Å². The molecule has 4 nitrogen and oxygen atoms in total. The van der Waals surface area contributed by atoms with Crippen LogP contribution in [0, 0.1) is 0 Å². The maximum Gasteiger partial charge on any atom is 0.256 e. The molecule has 0 spiro atoms. The number of fused-ring (bicyclic) bond motifs is 10. The summed E-state index contributed by atoms with van der Waals surface area (Å²) in [6, 6.07) is 70.5. The van der Waals surface area contributed by atoms with Crippen LogP contribution in [0.4, 0.5) is 34.1 Å². The molecule has 390 valence electrons. The molecule has 0 saturated heterocycles. The Hall–Kier alpha value is -7.69. The normalized spacial score (nSPS) is 18.1. The van der Waals surface area contributed by atoms with Gasteiger partial charge in [-0.05, 0) is 190 Å². The molecule has 0 aromatic heterocycles. The minimum atomic E-state index is -0.127. The molecule has 80 heavy (non-hydrogen) atoms. The number of ether oxygens (including phenoxy) is 2. The molecule has 6 heteroatoms. The van der Waals surface area contributed by atoms with E-state index < -0.39 is 0 Å². The molecular weight excluding hydrogens is 970 g/mol. The van der Waals surface area contributed by atoms with Crippen molar-refractivity contribution >= 4 is 80.3 Å². The van der Waals surface area contributed by atoms with Crippen molar-refractivity contribution in [2.45, 2.75) is 126 Å². The molecule has 8 aliphatic rings. The van der Waals surface area contributed by atoms with E-state index in [1.165, 1.54) is 180 Å². The van der Waals surface area contributed by atoms with Crippen molar-refractivity contribution in [1.29, 1.82) is 0 Å². The van der Waals surface area contributed by atoms with Gasteiger partial charge in [0.2, 0.25) is 0 Å². The van der Waals surface area contributed by atoms with Gasteiger partial charge in [-0.2, -0.15) is 0 Å². The number of rotatable bonds is 8. The zero-order valence-corrected chi connectivity index (χ0v) is 45.8. The van der Waals surface area contributed by atoms with Crippen LogP contribution < -0.4 is 52.1 Å². The average Bonchev–Trinajstić information content (AvgIpc) is 4.48. The van der Waals surface area contributed by atoms with Gasteiger partial charge in [0.25, 0.3) is 13.4 Å². The Morgan fingerprint density at radius 3 is 1.04 bits per heavy atom. The second kappa shape index (κ2) is 19.0. The molecular formula is C74H66B2N2O2. The van der Waals surface area contributed by atoms with Gasteiger partial charge in [0, 0.05) is 33.7 Å². The molecule has 0 unspecified atom stereocenters. The van der Waals surface area contributed by atoms with Crippen LogP contribution in [0.5, 0.6) is 23.0 Å². The molecule has 0 amide bonds. The highest BCUT2D eigenvalue weighted by Crippen LogP contribution is 2.55. The summed E-state index contributed by atoms with van der Waals surface area (Å²) in [4.78, 5) is 5.22. The molecule has 4 aliphatic heterocycles. The van der Waals surface area contributed by atoms with Gasteiger partial charge in [-0.25, -0.2) is 0 Å². The highest BCUT2D eigenvalue weighted by Gasteiger charge is 2.52. The Morgan fingerprint density at radius 2 is 0.662 bits per heavy atom. The van der Waals surface area contributed by atoms with Crippen LogP contribution in [0.15, 0.2) is 182 Å². The van der Waals surface area contributed by atoms with Gasteiger partial charge in [-0.15, -0.1) is 0 Å². The summed E-state index contributed by atoms with van der Waals surface area (Å²) in [6.45, 7) is -0.255. The van der Waals surface area contributed by atoms with E-state index in [-0.39, 0.29) is 13.4 Å². The predicted molar refractivity (Wildman–Crippen MR) is 334 cm³/mol. The predicted octanol–water partition coefficient (Wildman–Crippen LogP) is 16.5. The van der Waals surface area contributed by atoms with Gasteiger partial charge in [0.05, 0.1) is 11.4 Å². The number of benzene rings is 9. The lowest BCUT2D eigenvalue weighted by Crippen LogP contribution is -2.64. The van der Waals surface area contributed by atoms with Crippen molar-refractivity contribution in [2.24, 2.45) is 0 Å². The number of hydrogen-bond acceptors (Lipinski definition) is 4. The van der Waals surface area contributed by atoms with E-state index in [0.717, 1.165) is 56.9 Å². The molecule has 4 aliphatic carbocycles. The van der Waals surface area contributed by atoms with Crippen molar-refractivity contribution in [1.82, 2.24) is 0 Å². The van der Waals surface area contributed by atoms with E-state index in [4.69, 9.17) is 9.47 Å². The Labute approximate surface area is 473 Å². The highest BCUT2D eigenvalue weighted by molar-refractivity contribution is 7.02. The van der Waals surface area contributed by atoms with Gasteiger partial charge in [-0.1, -0.05) is 185 Å². The Morgan fingerprint density at radius 1 is 0.312 bits per heavy atom. The van der Waals surface area contributed by atoms with Crippen molar-refractivity contribution in [3.8, 4) is 45.3 Å². The maximum absolute atomic E-state index is 7.99. The third-order valence-corrected chi connectivity index (χ3v) is 20.6. The quantitative estimate of drug-likeness (QED) is 0.142. The molecule has 17 rings (SSSR count). The molecule has 0 atom stereocenters. The minimum absolute atomic E-state index is 0.127. The summed E-state index contributed by atoms with van der Waals surface area (Å²) < 4.78 is 16.0. The van der Waals surface area contributed by atoms with E-state index in [9.17, 15) is 0 Å². The van der Waals surface area contributed by atoms with E-state index in [0.29, 0.717) is 23.7 Å². The maximum atomic E-state index is 7.99. The molecule has 4 fully saturated rings. The van der Waals surface area contributed by atoms with Gasteiger partial charge in [0.15, 0.2) is 0 Å². The summed E-state index contributed by atoms with van der Waals surface area (Å²) in [5, 5.41) is 0. The van der Waals surface area contributed by atoms with Gasteiger partial charge in [-0.3, -0.25) is 0 Å². The minimum Gasteiger partial charge on any atom is -0.456 e. The van der Waals surface area contributed by atoms with Crippen molar-refractivity contribution in [2.75, 3.05) is 9.80 Å². The molecule has 0 N–H and O–H groups in total. The first-order valence-corrected chi connectivity index (χ1v) is 30.7. The Kier molecular flexibility index (Phi) is 11.2. The van der Waals surface area contributed by atoms with E-state index in [1.807, 2.05) is 0 Å². The molecule has 0 radical (unpaired) electrons. The third kappa shape index (κ3) is 7.49. The summed E-state index contributed by atoms with van der Waals surface area (Å²) in [5.74, 6) is 6.08. The largest absolute Gasteiger partial charge is 0.456 e. The fourth-order valence-electron chi connectivity index (χ4n) is 16.5. The van der Waals surface area contributed by atoms with Crippen molar-refractivity contribution in [3.05, 3.63) is 204 Å². The highest BCUT2D eigenvalue weighted by atomic mass is 16.5. The lowest BCUT2D eigenvalue weighted by molar-refractivity contribution is 0.477. The topological polar surface area (TPSA) is 24.9 Å². The monoisotopic (exact) mass is 1040 g/mol. The van der Waals surface area contributed by atoms with Gasteiger partial charge in [0.1, 0.15) is 23.0 Å². The van der Waals surface area contributed by atoms with Crippen molar-refractivity contribution < 1.29 is 9.47 Å². The van der Waals surface area contributed by atoms with Crippen LogP contribution in [0.3, 0.4) is 0 Å². The van der Waals surface area contributed by atoms with E-state index in [2.05, 4.69) is 192 Å². The van der Waals surface area contributed by atoms with Crippen LogP contribution >= 0.6 is 0 Å².